The van der Waals surface area contributed by atoms with Crippen molar-refractivity contribution in [2.24, 2.45) is 5.73 Å². The molecule has 0 rings (SSSR count). The molecule has 0 saturated carbocycles. The zero-order valence-corrected chi connectivity index (χ0v) is 63.4. The number of ether oxygens (including phenoxy) is 2. The average Bonchev–Trinajstić information content (AvgIpc) is 3.04. The third-order valence-corrected chi connectivity index (χ3v) is 20.3. The molecule has 93 heavy (non-hydrogen) atoms. The van der Waals surface area contributed by atoms with Crippen LogP contribution in [0.4, 0.5) is 0 Å². The zero-order chi connectivity index (χ0) is 67.2. The van der Waals surface area contributed by atoms with Crippen LogP contribution in [0.5, 0.6) is 0 Å². The molecule has 9 nitrogen and oxygen atoms in total. The first kappa shape index (κ1) is 91.5. The Bertz CT molecular complexity index is 1570. The van der Waals surface area contributed by atoms with Gasteiger partial charge in [-0.3, -0.25) is 18.6 Å². The molecule has 0 aromatic heterocycles. The van der Waals surface area contributed by atoms with Crippen molar-refractivity contribution in [3.05, 3.63) is 24.3 Å². The van der Waals surface area contributed by atoms with Crippen LogP contribution in [0.25, 0.3) is 0 Å². The van der Waals surface area contributed by atoms with Crippen LogP contribution in [-0.2, 0) is 32.7 Å². The minimum absolute atomic E-state index is 0.0577. The largest absolute Gasteiger partial charge is 0.472 e. The van der Waals surface area contributed by atoms with E-state index < -0.39 is 26.5 Å². The molecule has 3 N–H and O–H groups in total. The van der Waals surface area contributed by atoms with Gasteiger partial charge in [-0.05, 0) is 44.9 Å². The predicted molar refractivity (Wildman–Crippen MR) is 404 cm³/mol. The van der Waals surface area contributed by atoms with Gasteiger partial charge in [0.15, 0.2) is 6.10 Å². The fourth-order valence-corrected chi connectivity index (χ4v) is 13.9. The Hall–Kier alpha value is -1.51. The first-order valence-corrected chi connectivity index (χ1v) is 43.3. The van der Waals surface area contributed by atoms with Crippen LogP contribution in [0, 0.1) is 0 Å². The molecule has 2 unspecified atom stereocenters. The fraction of sp³-hybridized carbons (Fsp3) is 0.928. The van der Waals surface area contributed by atoms with Crippen molar-refractivity contribution >= 4 is 19.8 Å². The van der Waals surface area contributed by atoms with Crippen molar-refractivity contribution in [1.82, 2.24) is 0 Å². The Labute approximate surface area is 580 Å². The van der Waals surface area contributed by atoms with Crippen LogP contribution < -0.4 is 5.73 Å². The van der Waals surface area contributed by atoms with Gasteiger partial charge < -0.3 is 20.1 Å². The first-order valence-electron chi connectivity index (χ1n) is 41.8. The van der Waals surface area contributed by atoms with E-state index >= 15 is 0 Å². The van der Waals surface area contributed by atoms with Crippen molar-refractivity contribution in [2.45, 2.75) is 469 Å². The molecule has 0 aliphatic carbocycles. The molecule has 0 spiro atoms. The number of phosphoric ester groups is 1. The number of esters is 2. The van der Waals surface area contributed by atoms with E-state index in [1.807, 2.05) is 0 Å². The minimum Gasteiger partial charge on any atom is -0.462 e. The summed E-state index contributed by atoms with van der Waals surface area (Å²) in [6.45, 7) is 3.84. The molecule has 0 aliphatic heterocycles. The van der Waals surface area contributed by atoms with Gasteiger partial charge in [-0.25, -0.2) is 4.57 Å². The minimum atomic E-state index is -4.39. The highest BCUT2D eigenvalue weighted by Gasteiger charge is 2.26. The Morgan fingerprint density at radius 2 is 0.559 bits per heavy atom. The topological polar surface area (TPSA) is 134 Å². The van der Waals surface area contributed by atoms with Crippen molar-refractivity contribution in [3.63, 3.8) is 0 Å². The van der Waals surface area contributed by atoms with Crippen LogP contribution in [0.1, 0.15) is 463 Å². The fourth-order valence-electron chi connectivity index (χ4n) is 13.1. The molecule has 0 bridgehead atoms. The highest BCUT2D eigenvalue weighted by Crippen LogP contribution is 2.43. The SMILES string of the molecule is CCCCCCC/C=C\C/C=C\CCCCCCCCCCCCCCCCCCCCCCCCCCCC(=O)OC(COC(=O)CCCCCCCCCCCCCCCCCCCCCCCCCCCCCCCCCCCCC)COP(=O)(O)OCCN. The highest BCUT2D eigenvalue weighted by molar-refractivity contribution is 7.47. The number of carbonyl (C=O) groups is 2. The van der Waals surface area contributed by atoms with Crippen molar-refractivity contribution in [1.29, 1.82) is 0 Å². The molecular formula is C83H162NO8P. The van der Waals surface area contributed by atoms with Gasteiger partial charge in [-0.15, -0.1) is 0 Å². The van der Waals surface area contributed by atoms with Gasteiger partial charge >= 0.3 is 19.8 Å². The summed E-state index contributed by atoms with van der Waals surface area (Å²) in [5.41, 5.74) is 5.42. The Morgan fingerprint density at radius 3 is 0.817 bits per heavy atom. The van der Waals surface area contributed by atoms with E-state index in [1.54, 1.807) is 0 Å². The van der Waals surface area contributed by atoms with E-state index in [1.165, 1.54) is 392 Å². The summed E-state index contributed by atoms with van der Waals surface area (Å²) in [6, 6.07) is 0. The van der Waals surface area contributed by atoms with Gasteiger partial charge in [0.25, 0.3) is 0 Å². The van der Waals surface area contributed by atoms with Gasteiger partial charge in [0.05, 0.1) is 13.2 Å². The number of phosphoric acid groups is 1. The van der Waals surface area contributed by atoms with Crippen LogP contribution >= 0.6 is 7.82 Å². The Morgan fingerprint density at radius 1 is 0.323 bits per heavy atom. The summed E-state index contributed by atoms with van der Waals surface area (Å²) >= 11 is 0. The number of carbonyl (C=O) groups excluding carboxylic acids is 2. The summed E-state index contributed by atoms with van der Waals surface area (Å²) < 4.78 is 33.3. The van der Waals surface area contributed by atoms with Gasteiger partial charge in [-0.2, -0.15) is 0 Å². The van der Waals surface area contributed by atoms with E-state index in [2.05, 4.69) is 38.2 Å². The van der Waals surface area contributed by atoms with E-state index in [0.29, 0.717) is 6.42 Å². The molecule has 0 saturated heterocycles. The summed E-state index contributed by atoms with van der Waals surface area (Å²) in [7, 11) is -4.39. The van der Waals surface area contributed by atoms with Crippen LogP contribution in [-0.4, -0.2) is 49.3 Å². The summed E-state index contributed by atoms with van der Waals surface area (Å²) in [6.07, 6.45) is 101. The van der Waals surface area contributed by atoms with E-state index in [9.17, 15) is 19.0 Å². The first-order chi connectivity index (χ1) is 45.8. The second kappa shape index (κ2) is 79.5. The second-order valence-corrected chi connectivity index (χ2v) is 30.2. The summed E-state index contributed by atoms with van der Waals surface area (Å²) in [5.74, 6) is -0.796. The lowest BCUT2D eigenvalue weighted by molar-refractivity contribution is -0.161. The smallest absolute Gasteiger partial charge is 0.462 e. The van der Waals surface area contributed by atoms with Crippen molar-refractivity contribution in [3.8, 4) is 0 Å². The number of hydrogen-bond donors (Lipinski definition) is 2. The molecule has 552 valence electrons. The van der Waals surface area contributed by atoms with Gasteiger partial charge in [0, 0.05) is 19.4 Å². The summed E-state index contributed by atoms with van der Waals surface area (Å²) in [4.78, 5) is 35.5. The normalized spacial score (nSPS) is 12.9. The Kier molecular flexibility index (Phi) is 78.2. The lowest BCUT2D eigenvalue weighted by Crippen LogP contribution is -2.29. The zero-order valence-electron chi connectivity index (χ0n) is 62.5. The third-order valence-electron chi connectivity index (χ3n) is 19.3. The molecular weight excluding hydrogens is 1170 g/mol. The monoisotopic (exact) mass is 1330 g/mol. The number of nitrogens with two attached hydrogens (primary N) is 1. The maximum Gasteiger partial charge on any atom is 0.472 e. The van der Waals surface area contributed by atoms with Gasteiger partial charge in [0.1, 0.15) is 6.61 Å². The number of rotatable bonds is 81. The number of unbranched alkanes of at least 4 members (excludes halogenated alkanes) is 64. The van der Waals surface area contributed by atoms with E-state index in [4.69, 9.17) is 24.3 Å². The molecule has 0 aliphatic rings. The quantitative estimate of drug-likeness (QED) is 0.0264. The molecule has 10 heteroatoms. The molecule has 0 aromatic rings. The lowest BCUT2D eigenvalue weighted by atomic mass is 10.0. The maximum absolute atomic E-state index is 12.8. The molecule has 2 atom stereocenters. The maximum atomic E-state index is 12.8. The number of hydrogen-bond acceptors (Lipinski definition) is 8. The van der Waals surface area contributed by atoms with Crippen molar-refractivity contribution < 1.29 is 37.6 Å². The second-order valence-electron chi connectivity index (χ2n) is 28.7. The highest BCUT2D eigenvalue weighted by atomic mass is 31.2. The Balaban J connectivity index is 3.72. The van der Waals surface area contributed by atoms with Crippen LogP contribution in [0.15, 0.2) is 24.3 Å². The third kappa shape index (κ3) is 79.4. The van der Waals surface area contributed by atoms with Gasteiger partial charge in [-0.1, -0.05) is 430 Å². The molecule has 0 aromatic carbocycles. The molecule has 0 radical (unpaired) electrons. The molecule has 0 heterocycles. The van der Waals surface area contributed by atoms with Gasteiger partial charge in [0.2, 0.25) is 0 Å². The molecule has 0 fully saturated rings. The summed E-state index contributed by atoms with van der Waals surface area (Å²) in [5, 5.41) is 0. The average molecular weight is 1330 g/mol. The predicted octanol–water partition coefficient (Wildman–Crippen LogP) is 28.0. The van der Waals surface area contributed by atoms with Crippen LogP contribution in [0.3, 0.4) is 0 Å². The molecule has 0 amide bonds. The van der Waals surface area contributed by atoms with Crippen molar-refractivity contribution in [2.75, 3.05) is 26.4 Å². The van der Waals surface area contributed by atoms with E-state index in [-0.39, 0.29) is 38.6 Å². The standard InChI is InChI=1S/C83H162NO8P/c1-3-5-7-9-11-13-15-17-19-21-23-25-27-29-31-33-35-37-39-40-42-44-46-48-50-52-54-56-58-60-62-64-66-68-70-72-74-76-83(86)92-81(80-91-93(87,88)90-78-77-84)79-89-82(85)75-73-71-69-67-65-63-61-59-57-55-53-51-49-47-45-43-41-38-36-34-32-30-28-26-24-22-20-18-16-14-12-10-8-6-4-2/h15,17,21,23,81H,3-14,16,18-20,22,24-80,84H2,1-2H3,(H,87,88)/b17-15-,23-21-. The van der Waals surface area contributed by atoms with E-state index in [0.717, 1.165) is 38.5 Å². The van der Waals surface area contributed by atoms with Crippen LogP contribution in [0.2, 0.25) is 0 Å². The lowest BCUT2D eigenvalue weighted by Gasteiger charge is -2.19. The number of allylic oxidation sites excluding steroid dienone is 4.